The molecule has 0 unspecified atom stereocenters. The third kappa shape index (κ3) is 7.06. The SMILES string of the molecule is C[C@@H](NC(=O)[C@H]1CC[C@H](NS(=O)(=O)c2ccc(-c3cccc(C(F)(F)CN)c3)cc2)CC1)c1ccc(F)cc1. The molecule has 4 N–H and O–H groups in total. The molecule has 6 nitrogen and oxygen atoms in total. The lowest BCUT2D eigenvalue weighted by atomic mass is 9.85. The van der Waals surface area contributed by atoms with Gasteiger partial charge in [-0.25, -0.2) is 17.5 Å². The number of benzene rings is 3. The first-order valence-corrected chi connectivity index (χ1v) is 14.3. The Hall–Kier alpha value is -3.21. The lowest BCUT2D eigenvalue weighted by molar-refractivity contribution is -0.126. The molecule has 1 atom stereocenters. The summed E-state index contributed by atoms with van der Waals surface area (Å²) in [6.07, 6.45) is 2.11. The highest BCUT2D eigenvalue weighted by molar-refractivity contribution is 7.89. The Balaban J connectivity index is 1.33. The second-order valence-corrected chi connectivity index (χ2v) is 11.7. The molecular weight excluding hydrogens is 527 g/mol. The summed E-state index contributed by atoms with van der Waals surface area (Å²) in [4.78, 5) is 12.8. The average Bonchev–Trinajstić information content (AvgIpc) is 2.93. The number of halogens is 3. The summed E-state index contributed by atoms with van der Waals surface area (Å²) in [5.41, 5.74) is 6.92. The minimum Gasteiger partial charge on any atom is -0.349 e. The van der Waals surface area contributed by atoms with Crippen LogP contribution in [-0.2, 0) is 20.7 Å². The van der Waals surface area contributed by atoms with E-state index in [0.717, 1.165) is 5.56 Å². The van der Waals surface area contributed by atoms with Crippen molar-refractivity contribution < 1.29 is 26.4 Å². The zero-order valence-corrected chi connectivity index (χ0v) is 22.4. The van der Waals surface area contributed by atoms with Gasteiger partial charge >= 0.3 is 0 Å². The number of rotatable bonds is 9. The molecule has 3 aromatic carbocycles. The van der Waals surface area contributed by atoms with Crippen molar-refractivity contribution >= 4 is 15.9 Å². The normalized spacial score (nSPS) is 18.9. The standard InChI is InChI=1S/C29H32F3N3O3S/c1-19(20-5-11-25(30)12-6-20)34-28(36)22-7-13-26(14-8-22)35-39(37,38)27-15-9-21(10-16-27)23-3-2-4-24(17-23)29(31,32)18-33/h2-6,9-12,15-17,19,22,26,35H,7-8,13-14,18,33H2,1H3,(H,34,36)/t19-,22-,26-/m1/s1. The van der Waals surface area contributed by atoms with Crippen LogP contribution in [0.5, 0.6) is 0 Å². The third-order valence-electron chi connectivity index (χ3n) is 7.19. The van der Waals surface area contributed by atoms with Crippen LogP contribution in [0.1, 0.15) is 49.8 Å². The van der Waals surface area contributed by atoms with Crippen LogP contribution < -0.4 is 15.8 Å². The highest BCUT2D eigenvalue weighted by Crippen LogP contribution is 2.31. The molecule has 0 saturated heterocycles. The van der Waals surface area contributed by atoms with Crippen LogP contribution in [-0.4, -0.2) is 26.9 Å². The second kappa shape index (κ2) is 11.9. The summed E-state index contributed by atoms with van der Waals surface area (Å²) in [6, 6.07) is 17.3. The molecule has 0 aliphatic heterocycles. The lowest BCUT2D eigenvalue weighted by Crippen LogP contribution is -2.41. The molecule has 1 saturated carbocycles. The highest BCUT2D eigenvalue weighted by atomic mass is 32.2. The first-order chi connectivity index (χ1) is 18.5. The van der Waals surface area contributed by atoms with Gasteiger partial charge in [-0.15, -0.1) is 0 Å². The molecule has 0 aromatic heterocycles. The number of alkyl halides is 2. The van der Waals surface area contributed by atoms with E-state index in [0.29, 0.717) is 36.8 Å². The molecule has 0 heterocycles. The van der Waals surface area contributed by atoms with E-state index in [9.17, 15) is 26.4 Å². The Morgan fingerprint density at radius 2 is 1.62 bits per heavy atom. The van der Waals surface area contributed by atoms with Crippen molar-refractivity contribution in [2.45, 2.75) is 55.5 Å². The number of nitrogens with two attached hydrogens (primary N) is 1. The molecule has 0 spiro atoms. The molecule has 39 heavy (non-hydrogen) atoms. The summed E-state index contributed by atoms with van der Waals surface area (Å²) in [5.74, 6) is -3.81. The highest BCUT2D eigenvalue weighted by Gasteiger charge is 2.31. The van der Waals surface area contributed by atoms with Gasteiger partial charge in [-0.1, -0.05) is 42.5 Å². The monoisotopic (exact) mass is 559 g/mol. The third-order valence-corrected chi connectivity index (χ3v) is 8.72. The summed E-state index contributed by atoms with van der Waals surface area (Å²) in [7, 11) is -3.81. The van der Waals surface area contributed by atoms with Crippen molar-refractivity contribution in [2.24, 2.45) is 11.7 Å². The van der Waals surface area contributed by atoms with Gasteiger partial charge in [-0.3, -0.25) is 4.79 Å². The Kier molecular flexibility index (Phi) is 8.78. The minimum atomic E-state index is -3.81. The first-order valence-electron chi connectivity index (χ1n) is 12.9. The average molecular weight is 560 g/mol. The fourth-order valence-corrected chi connectivity index (χ4v) is 6.10. The summed E-state index contributed by atoms with van der Waals surface area (Å²) >= 11 is 0. The van der Waals surface area contributed by atoms with Gasteiger partial charge in [0.05, 0.1) is 17.5 Å². The van der Waals surface area contributed by atoms with E-state index in [2.05, 4.69) is 10.0 Å². The van der Waals surface area contributed by atoms with E-state index in [1.54, 1.807) is 30.3 Å². The van der Waals surface area contributed by atoms with Crippen LogP contribution in [0.25, 0.3) is 11.1 Å². The molecule has 10 heteroatoms. The first kappa shape index (κ1) is 28.8. The number of sulfonamides is 1. The quantitative estimate of drug-likeness (QED) is 0.333. The maximum atomic E-state index is 14.0. The van der Waals surface area contributed by atoms with Gasteiger partial charge in [0.15, 0.2) is 0 Å². The van der Waals surface area contributed by atoms with Gasteiger partial charge in [-0.2, -0.15) is 8.78 Å². The number of carbonyl (C=O) groups is 1. The number of nitrogens with one attached hydrogen (secondary N) is 2. The zero-order chi connectivity index (χ0) is 28.2. The number of hydrogen-bond acceptors (Lipinski definition) is 4. The minimum absolute atomic E-state index is 0.0719. The fraction of sp³-hybridized carbons (Fsp3) is 0.345. The van der Waals surface area contributed by atoms with Crippen LogP contribution in [0, 0.1) is 11.7 Å². The molecule has 1 fully saturated rings. The second-order valence-electron chi connectivity index (χ2n) is 9.97. The largest absolute Gasteiger partial charge is 0.349 e. The Bertz CT molecular complexity index is 1390. The van der Waals surface area contributed by atoms with Crippen molar-refractivity contribution in [3.63, 3.8) is 0 Å². The van der Waals surface area contributed by atoms with Gasteiger partial charge in [-0.05, 0) is 79.6 Å². The Labute approximate surface area is 226 Å². The van der Waals surface area contributed by atoms with Gasteiger partial charge in [0.25, 0.3) is 5.92 Å². The molecule has 1 aliphatic rings. The topological polar surface area (TPSA) is 101 Å². The molecular formula is C29H32F3N3O3S. The van der Waals surface area contributed by atoms with Crippen molar-refractivity contribution in [1.82, 2.24) is 10.0 Å². The van der Waals surface area contributed by atoms with E-state index in [-0.39, 0.29) is 40.2 Å². The Morgan fingerprint density at radius 3 is 2.23 bits per heavy atom. The van der Waals surface area contributed by atoms with Gasteiger partial charge in [0, 0.05) is 17.5 Å². The van der Waals surface area contributed by atoms with Crippen LogP contribution >= 0.6 is 0 Å². The number of hydrogen-bond donors (Lipinski definition) is 3. The summed E-state index contributed by atoms with van der Waals surface area (Å²) in [6.45, 7) is 1.03. The van der Waals surface area contributed by atoms with Crippen molar-refractivity contribution in [1.29, 1.82) is 0 Å². The zero-order valence-electron chi connectivity index (χ0n) is 21.5. The van der Waals surface area contributed by atoms with Crippen molar-refractivity contribution in [2.75, 3.05) is 6.54 Å². The predicted octanol–water partition coefficient (Wildman–Crippen LogP) is 5.26. The van der Waals surface area contributed by atoms with E-state index < -0.39 is 22.5 Å². The van der Waals surface area contributed by atoms with Gasteiger partial charge in [0.2, 0.25) is 15.9 Å². The van der Waals surface area contributed by atoms with E-state index >= 15 is 0 Å². The molecule has 208 valence electrons. The number of amides is 1. The molecule has 1 aliphatic carbocycles. The molecule has 4 rings (SSSR count). The molecule has 3 aromatic rings. The predicted molar refractivity (Wildman–Crippen MR) is 144 cm³/mol. The maximum absolute atomic E-state index is 14.0. The Morgan fingerprint density at radius 1 is 0.974 bits per heavy atom. The lowest BCUT2D eigenvalue weighted by Gasteiger charge is -2.29. The maximum Gasteiger partial charge on any atom is 0.285 e. The van der Waals surface area contributed by atoms with Crippen LogP contribution in [0.4, 0.5) is 13.2 Å². The number of carbonyl (C=O) groups excluding carboxylic acids is 1. The summed E-state index contributed by atoms with van der Waals surface area (Å²) < 4.78 is 69.8. The van der Waals surface area contributed by atoms with E-state index in [1.165, 1.54) is 42.5 Å². The smallest absolute Gasteiger partial charge is 0.285 e. The fourth-order valence-electron chi connectivity index (χ4n) is 4.80. The van der Waals surface area contributed by atoms with Gasteiger partial charge < -0.3 is 11.1 Å². The van der Waals surface area contributed by atoms with Crippen LogP contribution in [0.15, 0.2) is 77.7 Å². The van der Waals surface area contributed by atoms with Crippen LogP contribution in [0.2, 0.25) is 0 Å². The molecule has 0 radical (unpaired) electrons. The van der Waals surface area contributed by atoms with Crippen LogP contribution in [0.3, 0.4) is 0 Å². The van der Waals surface area contributed by atoms with E-state index in [4.69, 9.17) is 5.73 Å². The van der Waals surface area contributed by atoms with E-state index in [1.807, 2.05) is 6.92 Å². The van der Waals surface area contributed by atoms with Gasteiger partial charge in [0.1, 0.15) is 5.82 Å². The van der Waals surface area contributed by atoms with Crippen molar-refractivity contribution in [3.05, 3.63) is 89.7 Å². The molecule has 0 bridgehead atoms. The van der Waals surface area contributed by atoms with Crippen molar-refractivity contribution in [3.8, 4) is 11.1 Å². The summed E-state index contributed by atoms with van der Waals surface area (Å²) in [5, 5.41) is 2.96. The molecule has 1 amide bonds.